The van der Waals surface area contributed by atoms with Crippen molar-refractivity contribution in [2.75, 3.05) is 44.4 Å². The first-order valence-electron chi connectivity index (χ1n) is 14.0. The summed E-state index contributed by atoms with van der Waals surface area (Å²) in [4.78, 5) is 22.7. The lowest BCUT2D eigenvalue weighted by Crippen LogP contribution is -2.22. The predicted octanol–water partition coefficient (Wildman–Crippen LogP) is 5.27. The molecule has 8 nitrogen and oxygen atoms in total. The highest BCUT2D eigenvalue weighted by Crippen LogP contribution is 2.37. The second kappa shape index (κ2) is 11.2. The van der Waals surface area contributed by atoms with Crippen molar-refractivity contribution >= 4 is 32.5 Å². The third-order valence-electron chi connectivity index (χ3n) is 8.07. The van der Waals surface area contributed by atoms with Crippen molar-refractivity contribution in [1.29, 1.82) is 0 Å². The Balaban J connectivity index is 1.37. The molecular weight excluding hydrogens is 506 g/mol. The van der Waals surface area contributed by atoms with Crippen molar-refractivity contribution in [1.82, 2.24) is 24.8 Å². The molecule has 3 aromatic heterocycles. The van der Waals surface area contributed by atoms with E-state index < -0.39 is 0 Å². The highest BCUT2D eigenvalue weighted by Gasteiger charge is 2.26. The van der Waals surface area contributed by atoms with Gasteiger partial charge >= 0.3 is 0 Å². The molecule has 0 spiro atoms. The maximum Gasteiger partial charge on any atom is 0.182 e. The van der Waals surface area contributed by atoms with Crippen molar-refractivity contribution in [3.8, 4) is 11.1 Å². The predicted molar refractivity (Wildman–Crippen MR) is 158 cm³/mol. The van der Waals surface area contributed by atoms with E-state index in [-0.39, 0.29) is 0 Å². The van der Waals surface area contributed by atoms with Crippen LogP contribution >= 0.6 is 11.3 Å². The van der Waals surface area contributed by atoms with Crippen molar-refractivity contribution in [2.45, 2.75) is 58.4 Å². The number of rotatable bonds is 7. The van der Waals surface area contributed by atoms with E-state index in [0.717, 1.165) is 78.4 Å². The van der Waals surface area contributed by atoms with E-state index in [9.17, 15) is 0 Å². The van der Waals surface area contributed by atoms with E-state index in [1.54, 1.807) is 7.11 Å². The molecule has 0 radical (unpaired) electrons. The standard InChI is InChI=1S/C30H37N7OS/c1-18-12-21(23-15-25-29(33-16-23)39-30(31)35-25)14-22-13-20(6-8-32-27(18)22)28-24(7-11-38-3)19(2)34-26(36-28)17-37-9-4-5-10-37/h12,14-16,20,32H,4-11,13,17H2,1-3H3,(H2,31,35). The molecule has 0 saturated carbocycles. The number of thiazole rings is 1. The number of nitrogens with one attached hydrogen (secondary N) is 1. The Hall–Kier alpha value is -3.14. The number of aromatic nitrogens is 4. The minimum Gasteiger partial charge on any atom is -0.385 e. The first kappa shape index (κ1) is 26.1. The molecule has 9 heteroatoms. The van der Waals surface area contributed by atoms with Crippen molar-refractivity contribution in [3.05, 3.63) is 58.3 Å². The highest BCUT2D eigenvalue weighted by atomic mass is 32.1. The number of nitrogens with zero attached hydrogens (tertiary/aromatic N) is 5. The van der Waals surface area contributed by atoms with Crippen LogP contribution in [0.3, 0.4) is 0 Å². The molecule has 5 heterocycles. The van der Waals surface area contributed by atoms with Crippen LogP contribution in [-0.4, -0.2) is 58.2 Å². The van der Waals surface area contributed by atoms with Gasteiger partial charge in [-0.1, -0.05) is 11.3 Å². The molecule has 2 aliphatic rings. The van der Waals surface area contributed by atoms with Gasteiger partial charge in [0.1, 0.15) is 16.2 Å². The van der Waals surface area contributed by atoms with Crippen molar-refractivity contribution < 1.29 is 4.74 Å². The van der Waals surface area contributed by atoms with E-state index in [2.05, 4.69) is 52.2 Å². The Morgan fingerprint density at radius 1 is 1.10 bits per heavy atom. The monoisotopic (exact) mass is 543 g/mol. The highest BCUT2D eigenvalue weighted by molar-refractivity contribution is 7.21. The summed E-state index contributed by atoms with van der Waals surface area (Å²) in [7, 11) is 1.76. The fraction of sp³-hybridized carbons (Fsp3) is 0.467. The Kier molecular flexibility index (Phi) is 7.47. The average Bonchev–Trinajstić information content (AvgIpc) is 3.50. The van der Waals surface area contributed by atoms with Gasteiger partial charge in [-0.15, -0.1) is 0 Å². The smallest absolute Gasteiger partial charge is 0.182 e. The summed E-state index contributed by atoms with van der Waals surface area (Å²) < 4.78 is 5.48. The van der Waals surface area contributed by atoms with Gasteiger partial charge < -0.3 is 15.8 Å². The lowest BCUT2D eigenvalue weighted by atomic mass is 9.88. The Morgan fingerprint density at radius 2 is 1.95 bits per heavy atom. The molecule has 0 amide bonds. The number of aryl methyl sites for hydroxylation is 2. The zero-order chi connectivity index (χ0) is 26.9. The topological polar surface area (TPSA) is 102 Å². The summed E-state index contributed by atoms with van der Waals surface area (Å²) in [6, 6.07) is 6.66. The molecule has 0 bridgehead atoms. The Bertz CT molecular complexity index is 1490. The summed E-state index contributed by atoms with van der Waals surface area (Å²) in [5.41, 5.74) is 16.4. The summed E-state index contributed by atoms with van der Waals surface area (Å²) in [5.74, 6) is 1.26. The molecule has 1 fully saturated rings. The van der Waals surface area contributed by atoms with Gasteiger partial charge in [0.2, 0.25) is 0 Å². The van der Waals surface area contributed by atoms with Crippen LogP contribution in [0, 0.1) is 13.8 Å². The van der Waals surface area contributed by atoms with E-state index in [1.165, 1.54) is 52.3 Å². The molecule has 39 heavy (non-hydrogen) atoms. The molecule has 0 aliphatic carbocycles. The van der Waals surface area contributed by atoms with Crippen LogP contribution in [0.5, 0.6) is 0 Å². The number of ether oxygens (including phenoxy) is 1. The third kappa shape index (κ3) is 5.48. The molecule has 1 saturated heterocycles. The van der Waals surface area contributed by atoms with Crippen LogP contribution in [-0.2, 0) is 24.1 Å². The number of pyridine rings is 1. The van der Waals surface area contributed by atoms with Gasteiger partial charge in [-0.25, -0.2) is 19.9 Å². The normalized spacial score (nSPS) is 17.8. The Morgan fingerprint density at radius 3 is 2.77 bits per heavy atom. The summed E-state index contributed by atoms with van der Waals surface area (Å²) in [6.45, 7) is 9.03. The molecule has 6 rings (SSSR count). The summed E-state index contributed by atoms with van der Waals surface area (Å²) in [6.07, 6.45) is 7.25. The average molecular weight is 544 g/mol. The first-order valence-corrected chi connectivity index (χ1v) is 14.8. The van der Waals surface area contributed by atoms with Gasteiger partial charge in [-0.3, -0.25) is 4.90 Å². The van der Waals surface area contributed by atoms with E-state index in [4.69, 9.17) is 20.4 Å². The third-order valence-corrected chi connectivity index (χ3v) is 8.88. The van der Waals surface area contributed by atoms with Gasteiger partial charge in [0.15, 0.2) is 5.13 Å². The number of anilines is 2. The minimum absolute atomic E-state index is 0.304. The Labute approximate surface area is 234 Å². The quantitative estimate of drug-likeness (QED) is 0.325. The number of fused-ring (bicyclic) bond motifs is 2. The first-order chi connectivity index (χ1) is 19.0. The number of nitrogens with two attached hydrogens (primary N) is 1. The minimum atomic E-state index is 0.304. The summed E-state index contributed by atoms with van der Waals surface area (Å²) in [5, 5.41) is 4.29. The van der Waals surface area contributed by atoms with Gasteiger partial charge in [-0.2, -0.15) is 0 Å². The SMILES string of the molecule is COCCc1c(C)nc(CN2CCCC2)nc1C1CCNc2c(C)cc(-c3cnc4sc(N)nc4c3)cc2C1. The maximum atomic E-state index is 5.93. The maximum absolute atomic E-state index is 5.93. The fourth-order valence-corrected chi connectivity index (χ4v) is 6.81. The van der Waals surface area contributed by atoms with Crippen LogP contribution in [0.25, 0.3) is 21.5 Å². The zero-order valence-corrected chi connectivity index (χ0v) is 23.9. The van der Waals surface area contributed by atoms with Crippen LogP contribution in [0.15, 0.2) is 24.4 Å². The number of hydrogen-bond donors (Lipinski definition) is 2. The lowest BCUT2D eigenvalue weighted by Gasteiger charge is -2.22. The van der Waals surface area contributed by atoms with Crippen molar-refractivity contribution in [3.63, 3.8) is 0 Å². The largest absolute Gasteiger partial charge is 0.385 e. The second-order valence-electron chi connectivity index (χ2n) is 10.9. The molecule has 1 unspecified atom stereocenters. The van der Waals surface area contributed by atoms with Gasteiger partial charge in [-0.05, 0) is 99.5 Å². The van der Waals surface area contributed by atoms with Crippen LogP contribution in [0.4, 0.5) is 10.8 Å². The van der Waals surface area contributed by atoms with Gasteiger partial charge in [0.05, 0.1) is 18.8 Å². The van der Waals surface area contributed by atoms with Crippen LogP contribution in [0.1, 0.15) is 59.1 Å². The number of likely N-dealkylation sites (tertiary alicyclic amines) is 1. The molecule has 204 valence electrons. The summed E-state index contributed by atoms with van der Waals surface area (Å²) >= 11 is 1.42. The molecule has 3 N–H and O–H groups in total. The van der Waals surface area contributed by atoms with E-state index >= 15 is 0 Å². The molecule has 2 aliphatic heterocycles. The number of benzene rings is 1. The fourth-order valence-electron chi connectivity index (χ4n) is 6.15. The van der Waals surface area contributed by atoms with E-state index in [0.29, 0.717) is 17.7 Å². The molecular formula is C30H37N7OS. The van der Waals surface area contributed by atoms with Gasteiger partial charge in [0.25, 0.3) is 0 Å². The van der Waals surface area contributed by atoms with E-state index in [1.807, 2.05) is 6.20 Å². The lowest BCUT2D eigenvalue weighted by molar-refractivity contribution is 0.201. The molecule has 1 aromatic carbocycles. The zero-order valence-electron chi connectivity index (χ0n) is 23.1. The van der Waals surface area contributed by atoms with Gasteiger partial charge in [0, 0.05) is 42.7 Å². The molecule has 1 atom stereocenters. The van der Waals surface area contributed by atoms with Crippen molar-refractivity contribution in [2.24, 2.45) is 0 Å². The van der Waals surface area contributed by atoms with Crippen LogP contribution in [0.2, 0.25) is 0 Å². The number of nitrogen functional groups attached to an aromatic ring is 1. The molecule has 4 aromatic rings. The second-order valence-corrected chi connectivity index (χ2v) is 11.9. The van der Waals surface area contributed by atoms with Crippen LogP contribution < -0.4 is 11.1 Å². The number of methoxy groups -OCH3 is 1. The number of hydrogen-bond acceptors (Lipinski definition) is 9.